The quantitative estimate of drug-likeness (QED) is 0.420. The minimum atomic E-state index is 0.0851. The van der Waals surface area contributed by atoms with Gasteiger partial charge in [0.25, 0.3) is 0 Å². The summed E-state index contributed by atoms with van der Waals surface area (Å²) >= 11 is 0. The molecule has 4 heterocycles. The Morgan fingerprint density at radius 1 is 0.929 bits per heavy atom. The number of methoxy groups -OCH3 is 1. The fraction of sp³-hybridized carbons (Fsp3) is 0.500. The van der Waals surface area contributed by atoms with Gasteiger partial charge in [0, 0.05) is 89.3 Å². The van der Waals surface area contributed by atoms with Gasteiger partial charge in [0.1, 0.15) is 17.9 Å². The topological polar surface area (TPSA) is 72.5 Å². The Kier molecular flexibility index (Phi) is 8.64. The van der Waals surface area contributed by atoms with Crippen molar-refractivity contribution in [1.82, 2.24) is 19.8 Å². The van der Waals surface area contributed by atoms with E-state index in [0.29, 0.717) is 18.5 Å². The number of hydrogen-bond donors (Lipinski definition) is 1. The fourth-order valence-corrected chi connectivity index (χ4v) is 6.34. The maximum Gasteiger partial charge on any atom is 0.158 e. The van der Waals surface area contributed by atoms with Crippen LogP contribution in [-0.2, 0) is 4.84 Å². The molecular formula is C32H44N8O2. The van der Waals surface area contributed by atoms with Crippen molar-refractivity contribution in [2.24, 2.45) is 0 Å². The first-order valence-corrected chi connectivity index (χ1v) is 15.1. The first kappa shape index (κ1) is 28.5. The highest BCUT2D eigenvalue weighted by Gasteiger charge is 2.30. The zero-order valence-corrected chi connectivity index (χ0v) is 25.4. The summed E-state index contributed by atoms with van der Waals surface area (Å²) < 4.78 is 5.83. The van der Waals surface area contributed by atoms with Crippen molar-refractivity contribution in [3.63, 3.8) is 0 Å². The van der Waals surface area contributed by atoms with Crippen LogP contribution in [0.4, 0.5) is 28.7 Å². The molecule has 2 aromatic carbocycles. The predicted octanol–water partition coefficient (Wildman–Crippen LogP) is 4.39. The van der Waals surface area contributed by atoms with Gasteiger partial charge >= 0.3 is 0 Å². The van der Waals surface area contributed by atoms with Crippen LogP contribution in [0.15, 0.2) is 54.9 Å². The van der Waals surface area contributed by atoms with E-state index in [2.05, 4.69) is 98.5 Å². The summed E-state index contributed by atoms with van der Waals surface area (Å²) in [6.07, 6.45) is 4.88. The van der Waals surface area contributed by atoms with Gasteiger partial charge in [0.05, 0.1) is 25.4 Å². The number of nitrogens with one attached hydrogen (secondary N) is 1. The van der Waals surface area contributed by atoms with E-state index in [0.717, 1.165) is 36.8 Å². The molecule has 224 valence electrons. The molecule has 1 atom stereocenters. The van der Waals surface area contributed by atoms with Crippen LogP contribution >= 0.6 is 0 Å². The molecule has 3 fully saturated rings. The number of ether oxygens (including phenoxy) is 1. The Hall–Kier alpha value is -3.60. The van der Waals surface area contributed by atoms with E-state index in [-0.39, 0.29) is 6.04 Å². The van der Waals surface area contributed by atoms with E-state index in [9.17, 15) is 0 Å². The maximum atomic E-state index is 6.06. The molecular weight excluding hydrogens is 528 g/mol. The fourth-order valence-electron chi connectivity index (χ4n) is 6.34. The van der Waals surface area contributed by atoms with E-state index >= 15 is 0 Å². The van der Waals surface area contributed by atoms with Crippen molar-refractivity contribution in [1.29, 1.82) is 0 Å². The van der Waals surface area contributed by atoms with E-state index in [1.807, 2.05) is 11.1 Å². The lowest BCUT2D eigenvalue weighted by molar-refractivity contribution is 0.0982. The number of aromatic nitrogens is 2. The van der Waals surface area contributed by atoms with Crippen LogP contribution in [0.2, 0.25) is 0 Å². The van der Waals surface area contributed by atoms with Gasteiger partial charge in [-0.25, -0.2) is 15.0 Å². The number of likely N-dealkylation sites (N-methyl/N-ethyl adjacent to an activating group) is 1. The number of piperazine rings is 1. The normalized spacial score (nSPS) is 20.6. The van der Waals surface area contributed by atoms with Gasteiger partial charge in [-0.05, 0) is 49.7 Å². The summed E-state index contributed by atoms with van der Waals surface area (Å²) in [5, 5.41) is 5.37. The van der Waals surface area contributed by atoms with Crippen molar-refractivity contribution < 1.29 is 9.57 Å². The second-order valence-electron chi connectivity index (χ2n) is 11.8. The Morgan fingerprint density at radius 3 is 2.50 bits per heavy atom. The molecule has 0 aliphatic carbocycles. The van der Waals surface area contributed by atoms with Gasteiger partial charge in [0.15, 0.2) is 5.82 Å². The minimum absolute atomic E-state index is 0.0851. The number of nitrogens with zero attached hydrogens (tertiary/aromatic N) is 7. The molecule has 1 aromatic heterocycles. The number of benzene rings is 2. The van der Waals surface area contributed by atoms with Crippen molar-refractivity contribution in [3.05, 3.63) is 60.4 Å². The zero-order chi connectivity index (χ0) is 29.1. The molecule has 3 aromatic rings. The van der Waals surface area contributed by atoms with Crippen LogP contribution < -0.4 is 24.9 Å². The van der Waals surface area contributed by atoms with Gasteiger partial charge < -0.3 is 24.8 Å². The molecule has 0 saturated carbocycles. The molecule has 0 radical (unpaired) electrons. The third kappa shape index (κ3) is 6.25. The van der Waals surface area contributed by atoms with Gasteiger partial charge in [-0.2, -0.15) is 0 Å². The first-order valence-electron chi connectivity index (χ1n) is 15.1. The molecule has 10 heteroatoms. The van der Waals surface area contributed by atoms with Crippen LogP contribution in [0.5, 0.6) is 5.75 Å². The summed E-state index contributed by atoms with van der Waals surface area (Å²) in [5.74, 6) is 2.21. The van der Waals surface area contributed by atoms with Crippen molar-refractivity contribution >= 4 is 28.7 Å². The van der Waals surface area contributed by atoms with Crippen LogP contribution in [0.1, 0.15) is 30.9 Å². The zero-order valence-electron chi connectivity index (χ0n) is 25.4. The summed E-state index contributed by atoms with van der Waals surface area (Å²) in [6, 6.07) is 17.7. The monoisotopic (exact) mass is 572 g/mol. The van der Waals surface area contributed by atoms with Gasteiger partial charge in [-0.15, -0.1) is 0 Å². The molecule has 3 aliphatic rings. The minimum Gasteiger partial charge on any atom is -0.494 e. The van der Waals surface area contributed by atoms with Crippen LogP contribution in [-0.4, -0.2) is 99.9 Å². The Labute approximate surface area is 249 Å². The average molecular weight is 573 g/mol. The predicted molar refractivity (Wildman–Crippen MR) is 169 cm³/mol. The smallest absolute Gasteiger partial charge is 0.158 e. The SMILES string of the molecule is COc1cc(N2CCC(N3CCN(C)CC3)CC2)ccc1Nc1cc(N2OCCC2c2cccc(N(C)C)c2)ncn1. The lowest BCUT2D eigenvalue weighted by Gasteiger charge is -2.42. The van der Waals surface area contributed by atoms with Gasteiger partial charge in [-0.3, -0.25) is 9.74 Å². The lowest BCUT2D eigenvalue weighted by atomic mass is 10.0. The molecule has 42 heavy (non-hydrogen) atoms. The third-order valence-corrected chi connectivity index (χ3v) is 8.89. The first-order chi connectivity index (χ1) is 20.5. The number of hydrogen-bond acceptors (Lipinski definition) is 10. The average Bonchev–Trinajstić information content (AvgIpc) is 3.52. The maximum absolute atomic E-state index is 6.06. The van der Waals surface area contributed by atoms with E-state index in [4.69, 9.17) is 9.57 Å². The molecule has 6 rings (SSSR count). The number of piperidine rings is 1. The van der Waals surface area contributed by atoms with Crippen molar-refractivity contribution in [3.8, 4) is 5.75 Å². The Balaban J connectivity index is 1.12. The molecule has 3 saturated heterocycles. The van der Waals surface area contributed by atoms with Crippen LogP contribution in [0, 0.1) is 0 Å². The van der Waals surface area contributed by atoms with E-state index < -0.39 is 0 Å². The number of hydroxylamine groups is 1. The summed E-state index contributed by atoms with van der Waals surface area (Å²) in [4.78, 5) is 24.8. The molecule has 1 N–H and O–H groups in total. The second-order valence-corrected chi connectivity index (χ2v) is 11.8. The van der Waals surface area contributed by atoms with Crippen molar-refractivity contribution in [2.45, 2.75) is 31.3 Å². The third-order valence-electron chi connectivity index (χ3n) is 8.89. The molecule has 0 bridgehead atoms. The Morgan fingerprint density at radius 2 is 1.74 bits per heavy atom. The van der Waals surface area contributed by atoms with E-state index in [1.165, 1.54) is 56.0 Å². The van der Waals surface area contributed by atoms with Gasteiger partial charge in [-0.1, -0.05) is 12.1 Å². The molecule has 10 nitrogen and oxygen atoms in total. The van der Waals surface area contributed by atoms with Crippen LogP contribution in [0.3, 0.4) is 0 Å². The molecule has 1 unspecified atom stereocenters. The highest BCUT2D eigenvalue weighted by Crippen LogP contribution is 2.37. The molecule has 0 amide bonds. The lowest BCUT2D eigenvalue weighted by Crippen LogP contribution is -2.52. The molecule has 0 spiro atoms. The standard InChI is InChI=1S/C32H44N8O2/c1-36(2)26-7-5-6-24(20-26)29-12-19-42-40(29)32-22-31(33-23-34-32)35-28-9-8-27(21-30(28)41-4)38-13-10-25(11-14-38)39-17-15-37(3)16-18-39/h5-9,20-23,25,29H,10-19H2,1-4H3,(H,33,34,35). The summed E-state index contributed by atoms with van der Waals surface area (Å²) in [5.41, 5.74) is 4.44. The van der Waals surface area contributed by atoms with Crippen LogP contribution in [0.25, 0.3) is 0 Å². The number of rotatable bonds is 8. The van der Waals surface area contributed by atoms with Crippen molar-refractivity contribution in [2.75, 3.05) is 94.3 Å². The highest BCUT2D eigenvalue weighted by atomic mass is 16.7. The highest BCUT2D eigenvalue weighted by molar-refractivity contribution is 5.70. The summed E-state index contributed by atoms with van der Waals surface area (Å²) in [6.45, 7) is 7.51. The Bertz CT molecular complexity index is 1340. The largest absolute Gasteiger partial charge is 0.494 e. The number of anilines is 5. The second kappa shape index (κ2) is 12.7. The van der Waals surface area contributed by atoms with E-state index in [1.54, 1.807) is 13.4 Å². The molecule has 3 aliphatic heterocycles. The summed E-state index contributed by atoms with van der Waals surface area (Å²) in [7, 11) is 8.06. The van der Waals surface area contributed by atoms with Gasteiger partial charge in [0.2, 0.25) is 0 Å².